The third kappa shape index (κ3) is 1.31. The predicted molar refractivity (Wildman–Crippen MR) is 56.3 cm³/mol. The first-order chi connectivity index (χ1) is 6.91. The first-order valence-electron chi connectivity index (χ1n) is 6.28. The van der Waals surface area contributed by atoms with Crippen molar-refractivity contribution in [3.05, 3.63) is 0 Å². The molecule has 2 nitrogen and oxygen atoms in total. The second-order valence-corrected chi connectivity index (χ2v) is 5.24. The van der Waals surface area contributed by atoms with E-state index in [0.29, 0.717) is 6.04 Å². The highest BCUT2D eigenvalue weighted by atomic mass is 16.5. The van der Waals surface area contributed by atoms with Crippen molar-refractivity contribution in [2.45, 2.75) is 56.6 Å². The molecule has 3 aliphatic rings. The molecule has 0 aromatic rings. The van der Waals surface area contributed by atoms with Gasteiger partial charge in [0.15, 0.2) is 0 Å². The average Bonchev–Trinajstić information content (AvgIpc) is 2.56. The smallest absolute Gasteiger partial charge is 0.0838 e. The van der Waals surface area contributed by atoms with Crippen LogP contribution in [0.1, 0.15) is 44.9 Å². The lowest BCUT2D eigenvalue weighted by Crippen LogP contribution is -2.60. The lowest BCUT2D eigenvalue weighted by molar-refractivity contribution is -0.114. The molecule has 2 aliphatic carbocycles. The van der Waals surface area contributed by atoms with Crippen molar-refractivity contribution in [2.75, 3.05) is 13.2 Å². The molecular weight excluding hydrogens is 174 g/mol. The number of morpholine rings is 1. The van der Waals surface area contributed by atoms with Gasteiger partial charge >= 0.3 is 0 Å². The van der Waals surface area contributed by atoms with Crippen molar-refractivity contribution in [3.63, 3.8) is 0 Å². The fourth-order valence-electron chi connectivity index (χ4n) is 3.54. The van der Waals surface area contributed by atoms with Gasteiger partial charge in [-0.25, -0.2) is 0 Å². The van der Waals surface area contributed by atoms with Crippen molar-refractivity contribution in [3.8, 4) is 0 Å². The summed E-state index contributed by atoms with van der Waals surface area (Å²) in [6.45, 7) is 2.01. The Balaban J connectivity index is 1.77. The van der Waals surface area contributed by atoms with E-state index in [1.54, 1.807) is 0 Å². The maximum Gasteiger partial charge on any atom is 0.0838 e. The summed E-state index contributed by atoms with van der Waals surface area (Å²) in [5.41, 5.74) is 0.253. The molecule has 1 saturated heterocycles. The van der Waals surface area contributed by atoms with Crippen LogP contribution in [0.5, 0.6) is 0 Å². The SMILES string of the molecule is C1CC(C2NCCOC23CCCC3)C1. The normalized spacial score (nSPS) is 37.3. The molecule has 1 atom stereocenters. The summed E-state index contributed by atoms with van der Waals surface area (Å²) >= 11 is 0. The molecule has 0 bridgehead atoms. The Labute approximate surface area is 86.4 Å². The van der Waals surface area contributed by atoms with Gasteiger partial charge in [0, 0.05) is 12.6 Å². The Bertz CT molecular complexity index is 206. The Morgan fingerprint density at radius 1 is 1.07 bits per heavy atom. The largest absolute Gasteiger partial charge is 0.372 e. The van der Waals surface area contributed by atoms with Gasteiger partial charge in [-0.05, 0) is 31.6 Å². The molecule has 2 saturated carbocycles. The molecular formula is C12H21NO. The molecule has 1 unspecified atom stereocenters. The van der Waals surface area contributed by atoms with Gasteiger partial charge in [-0.15, -0.1) is 0 Å². The molecule has 0 aromatic heterocycles. The Morgan fingerprint density at radius 3 is 2.50 bits per heavy atom. The van der Waals surface area contributed by atoms with Crippen molar-refractivity contribution >= 4 is 0 Å². The summed E-state index contributed by atoms with van der Waals surface area (Å²) in [6.07, 6.45) is 9.68. The highest BCUT2D eigenvalue weighted by Crippen LogP contribution is 2.44. The molecule has 0 radical (unpaired) electrons. The first-order valence-corrected chi connectivity index (χ1v) is 6.28. The van der Waals surface area contributed by atoms with Crippen LogP contribution in [-0.2, 0) is 4.74 Å². The summed E-state index contributed by atoms with van der Waals surface area (Å²) in [5, 5.41) is 3.73. The lowest BCUT2D eigenvalue weighted by Gasteiger charge is -2.48. The van der Waals surface area contributed by atoms with E-state index in [1.807, 2.05) is 0 Å². The molecule has 0 amide bonds. The molecule has 1 N–H and O–H groups in total. The van der Waals surface area contributed by atoms with E-state index >= 15 is 0 Å². The van der Waals surface area contributed by atoms with Crippen LogP contribution >= 0.6 is 0 Å². The van der Waals surface area contributed by atoms with Gasteiger partial charge in [-0.3, -0.25) is 0 Å². The van der Waals surface area contributed by atoms with Crippen LogP contribution in [0.25, 0.3) is 0 Å². The molecule has 80 valence electrons. The summed E-state index contributed by atoms with van der Waals surface area (Å²) in [7, 11) is 0. The first kappa shape index (κ1) is 9.17. The van der Waals surface area contributed by atoms with E-state index in [4.69, 9.17) is 4.74 Å². The van der Waals surface area contributed by atoms with Crippen LogP contribution in [0.15, 0.2) is 0 Å². The van der Waals surface area contributed by atoms with Crippen molar-refractivity contribution in [2.24, 2.45) is 5.92 Å². The zero-order chi connectivity index (χ0) is 9.43. The summed E-state index contributed by atoms with van der Waals surface area (Å²) in [4.78, 5) is 0. The minimum atomic E-state index is 0.253. The highest BCUT2D eigenvalue weighted by molar-refractivity contribution is 5.03. The average molecular weight is 195 g/mol. The van der Waals surface area contributed by atoms with E-state index in [2.05, 4.69) is 5.32 Å². The fraction of sp³-hybridized carbons (Fsp3) is 1.00. The Kier molecular flexibility index (Phi) is 2.29. The summed E-state index contributed by atoms with van der Waals surface area (Å²) in [6, 6.07) is 0.687. The molecule has 1 heterocycles. The number of nitrogens with one attached hydrogen (secondary N) is 1. The summed E-state index contributed by atoms with van der Waals surface area (Å²) in [5.74, 6) is 0.924. The van der Waals surface area contributed by atoms with Crippen LogP contribution in [0.4, 0.5) is 0 Å². The summed E-state index contributed by atoms with van der Waals surface area (Å²) < 4.78 is 6.13. The number of hydrogen-bond acceptors (Lipinski definition) is 2. The van der Waals surface area contributed by atoms with Gasteiger partial charge in [0.05, 0.1) is 12.2 Å². The standard InChI is InChI=1S/C12H21NO/c1-2-7-12(6-1)11(10-4-3-5-10)13-8-9-14-12/h10-11,13H,1-9H2. The van der Waals surface area contributed by atoms with Crippen molar-refractivity contribution in [1.29, 1.82) is 0 Å². The van der Waals surface area contributed by atoms with E-state index in [9.17, 15) is 0 Å². The van der Waals surface area contributed by atoms with Gasteiger partial charge in [0.1, 0.15) is 0 Å². The second kappa shape index (κ2) is 3.49. The monoisotopic (exact) mass is 195 g/mol. The maximum atomic E-state index is 6.13. The minimum Gasteiger partial charge on any atom is -0.372 e. The molecule has 3 fully saturated rings. The van der Waals surface area contributed by atoms with E-state index < -0.39 is 0 Å². The van der Waals surface area contributed by atoms with Crippen LogP contribution < -0.4 is 5.32 Å². The third-order valence-corrected chi connectivity index (χ3v) is 4.49. The van der Waals surface area contributed by atoms with Gasteiger partial charge in [0.2, 0.25) is 0 Å². The van der Waals surface area contributed by atoms with Gasteiger partial charge in [0.25, 0.3) is 0 Å². The van der Waals surface area contributed by atoms with Crippen molar-refractivity contribution < 1.29 is 4.74 Å². The zero-order valence-corrected chi connectivity index (χ0v) is 8.93. The van der Waals surface area contributed by atoms with Crippen LogP contribution in [0.2, 0.25) is 0 Å². The molecule has 14 heavy (non-hydrogen) atoms. The quantitative estimate of drug-likeness (QED) is 0.691. The second-order valence-electron chi connectivity index (χ2n) is 5.24. The third-order valence-electron chi connectivity index (χ3n) is 4.49. The van der Waals surface area contributed by atoms with Crippen LogP contribution in [0, 0.1) is 5.92 Å². The number of rotatable bonds is 1. The maximum absolute atomic E-state index is 6.13. The topological polar surface area (TPSA) is 21.3 Å². The van der Waals surface area contributed by atoms with Gasteiger partial charge < -0.3 is 10.1 Å². The number of ether oxygens (including phenoxy) is 1. The fourth-order valence-corrected chi connectivity index (χ4v) is 3.54. The van der Waals surface area contributed by atoms with Crippen LogP contribution in [-0.4, -0.2) is 24.8 Å². The molecule has 1 spiro atoms. The lowest BCUT2D eigenvalue weighted by atomic mass is 9.72. The number of hydrogen-bond donors (Lipinski definition) is 1. The zero-order valence-electron chi connectivity index (χ0n) is 8.93. The Hall–Kier alpha value is -0.0800. The highest BCUT2D eigenvalue weighted by Gasteiger charge is 2.48. The Morgan fingerprint density at radius 2 is 1.86 bits per heavy atom. The van der Waals surface area contributed by atoms with E-state index in [1.165, 1.54) is 44.9 Å². The van der Waals surface area contributed by atoms with E-state index in [0.717, 1.165) is 19.1 Å². The molecule has 1 aliphatic heterocycles. The molecule has 0 aromatic carbocycles. The van der Waals surface area contributed by atoms with Crippen LogP contribution in [0.3, 0.4) is 0 Å². The van der Waals surface area contributed by atoms with Crippen molar-refractivity contribution in [1.82, 2.24) is 5.32 Å². The predicted octanol–water partition coefficient (Wildman–Crippen LogP) is 2.09. The molecule has 2 heteroatoms. The van der Waals surface area contributed by atoms with E-state index in [-0.39, 0.29) is 5.60 Å². The minimum absolute atomic E-state index is 0.253. The van der Waals surface area contributed by atoms with Gasteiger partial charge in [-0.2, -0.15) is 0 Å². The van der Waals surface area contributed by atoms with Gasteiger partial charge in [-0.1, -0.05) is 19.3 Å². The molecule has 3 rings (SSSR count).